The van der Waals surface area contributed by atoms with Crippen LogP contribution in [0.3, 0.4) is 0 Å². The summed E-state index contributed by atoms with van der Waals surface area (Å²) in [4.78, 5) is 0. The van der Waals surface area contributed by atoms with Crippen LogP contribution >= 0.6 is 0 Å². The summed E-state index contributed by atoms with van der Waals surface area (Å²) in [5, 5.41) is 28.0. The molecule has 6 aromatic carbocycles. The maximum absolute atomic E-state index is 10.8. The first-order valence-corrected chi connectivity index (χ1v) is 17.4. The summed E-state index contributed by atoms with van der Waals surface area (Å²) in [6, 6.07) is 42.6. The number of furan rings is 1. The molecule has 0 saturated heterocycles. The molecule has 3 heterocycles. The van der Waals surface area contributed by atoms with Gasteiger partial charge in [0.1, 0.15) is 23.3 Å². The molecule has 9 aromatic rings. The monoisotopic (exact) mass is 660 g/mol. The maximum Gasteiger partial charge on any atom is 0.145 e. The molecular formula is C46H36N4O. The van der Waals surface area contributed by atoms with Crippen molar-refractivity contribution in [1.29, 1.82) is 10.5 Å². The van der Waals surface area contributed by atoms with Gasteiger partial charge in [-0.15, -0.1) is 0 Å². The van der Waals surface area contributed by atoms with Gasteiger partial charge < -0.3 is 13.6 Å². The number of hydrogen-bond donors (Lipinski definition) is 0. The SMILES string of the molecule is CC(C)(C)c1ccc2c(c1)c1cc(C(C)(C)C)ccc1n2-c1c(C#N)ccc(C#N)c1-n1c2ccccc2c2c3oc4ccccc4c3ccc21. The highest BCUT2D eigenvalue weighted by Gasteiger charge is 2.27. The molecule has 0 aliphatic rings. The lowest BCUT2D eigenvalue weighted by Gasteiger charge is -2.21. The predicted octanol–water partition coefficient (Wildman–Crippen LogP) is 12.1. The average Bonchev–Trinajstić information content (AvgIpc) is 3.77. The van der Waals surface area contributed by atoms with E-state index in [1.54, 1.807) is 12.1 Å². The molecule has 0 aliphatic heterocycles. The Labute approximate surface area is 296 Å². The zero-order chi connectivity index (χ0) is 35.4. The molecular weight excluding hydrogens is 625 g/mol. The van der Waals surface area contributed by atoms with E-state index in [2.05, 4.69) is 130 Å². The lowest BCUT2D eigenvalue weighted by molar-refractivity contribution is 0.590. The molecule has 51 heavy (non-hydrogen) atoms. The molecule has 0 saturated carbocycles. The summed E-state index contributed by atoms with van der Waals surface area (Å²) in [6.45, 7) is 13.4. The van der Waals surface area contributed by atoms with Crippen molar-refractivity contribution >= 4 is 65.6 Å². The van der Waals surface area contributed by atoms with Gasteiger partial charge in [-0.1, -0.05) is 90.1 Å². The number of fused-ring (bicyclic) bond motifs is 10. The average molecular weight is 661 g/mol. The van der Waals surface area contributed by atoms with Gasteiger partial charge in [-0.3, -0.25) is 0 Å². The van der Waals surface area contributed by atoms with Gasteiger partial charge >= 0.3 is 0 Å². The lowest BCUT2D eigenvalue weighted by Crippen LogP contribution is -2.11. The van der Waals surface area contributed by atoms with Crippen molar-refractivity contribution in [2.24, 2.45) is 0 Å². The zero-order valence-corrected chi connectivity index (χ0v) is 29.6. The molecule has 0 radical (unpaired) electrons. The van der Waals surface area contributed by atoms with Crippen molar-refractivity contribution in [3.8, 4) is 23.5 Å². The Morgan fingerprint density at radius 3 is 1.55 bits per heavy atom. The molecule has 0 bridgehead atoms. The van der Waals surface area contributed by atoms with Gasteiger partial charge in [0.05, 0.1) is 50.0 Å². The van der Waals surface area contributed by atoms with Crippen molar-refractivity contribution < 1.29 is 4.42 Å². The van der Waals surface area contributed by atoms with E-state index < -0.39 is 0 Å². The van der Waals surface area contributed by atoms with E-state index in [1.165, 1.54) is 11.1 Å². The number of rotatable bonds is 2. The van der Waals surface area contributed by atoms with E-state index in [0.29, 0.717) is 22.5 Å². The van der Waals surface area contributed by atoms with Crippen LogP contribution in [0.2, 0.25) is 0 Å². The van der Waals surface area contributed by atoms with Crippen LogP contribution in [0.5, 0.6) is 0 Å². The Bertz CT molecular complexity index is 2940. The van der Waals surface area contributed by atoms with Crippen LogP contribution in [0.1, 0.15) is 63.8 Å². The number of nitriles is 2. The van der Waals surface area contributed by atoms with E-state index in [4.69, 9.17) is 4.42 Å². The second-order valence-electron chi connectivity index (χ2n) is 15.7. The van der Waals surface area contributed by atoms with Crippen molar-refractivity contribution in [2.45, 2.75) is 52.4 Å². The van der Waals surface area contributed by atoms with E-state index >= 15 is 0 Å². The first kappa shape index (κ1) is 30.7. The minimum absolute atomic E-state index is 0.0566. The molecule has 9 rings (SSSR count). The molecule has 0 fully saturated rings. The van der Waals surface area contributed by atoms with E-state index in [-0.39, 0.29) is 10.8 Å². The van der Waals surface area contributed by atoms with Crippen LogP contribution in [-0.2, 0) is 10.8 Å². The van der Waals surface area contributed by atoms with Crippen molar-refractivity contribution in [2.75, 3.05) is 0 Å². The molecule has 0 aliphatic carbocycles. The highest BCUT2D eigenvalue weighted by molar-refractivity contribution is 6.24. The smallest absolute Gasteiger partial charge is 0.145 e. The molecule has 246 valence electrons. The largest absolute Gasteiger partial charge is 0.455 e. The fourth-order valence-electron chi connectivity index (χ4n) is 7.89. The van der Waals surface area contributed by atoms with Crippen LogP contribution in [-0.4, -0.2) is 9.13 Å². The van der Waals surface area contributed by atoms with Crippen LogP contribution in [0.15, 0.2) is 114 Å². The molecule has 0 N–H and O–H groups in total. The Balaban J connectivity index is 1.48. The van der Waals surface area contributed by atoms with E-state index in [1.807, 2.05) is 30.3 Å². The Morgan fingerprint density at radius 1 is 0.490 bits per heavy atom. The second-order valence-corrected chi connectivity index (χ2v) is 15.7. The van der Waals surface area contributed by atoms with Gasteiger partial charge in [-0.2, -0.15) is 10.5 Å². The summed E-state index contributed by atoms with van der Waals surface area (Å²) >= 11 is 0. The summed E-state index contributed by atoms with van der Waals surface area (Å²) in [5.41, 5.74) is 10.1. The third-order valence-corrected chi connectivity index (χ3v) is 10.5. The lowest BCUT2D eigenvalue weighted by atomic mass is 9.85. The Morgan fingerprint density at radius 2 is 0.980 bits per heavy atom. The topological polar surface area (TPSA) is 70.6 Å². The van der Waals surface area contributed by atoms with Gasteiger partial charge in [0.25, 0.3) is 0 Å². The fraction of sp³-hybridized carbons (Fsp3) is 0.174. The van der Waals surface area contributed by atoms with Gasteiger partial charge in [0.15, 0.2) is 0 Å². The van der Waals surface area contributed by atoms with Crippen molar-refractivity contribution in [3.05, 3.63) is 131 Å². The van der Waals surface area contributed by atoms with Crippen LogP contribution in [0.25, 0.3) is 76.9 Å². The minimum atomic E-state index is -0.0566. The molecule has 0 unspecified atom stereocenters. The van der Waals surface area contributed by atoms with E-state index in [9.17, 15) is 10.5 Å². The molecule has 5 heteroatoms. The predicted molar refractivity (Wildman–Crippen MR) is 209 cm³/mol. The molecule has 0 amide bonds. The maximum atomic E-state index is 10.8. The van der Waals surface area contributed by atoms with Crippen molar-refractivity contribution in [3.63, 3.8) is 0 Å². The van der Waals surface area contributed by atoms with Gasteiger partial charge in [0.2, 0.25) is 0 Å². The highest BCUT2D eigenvalue weighted by atomic mass is 16.3. The van der Waals surface area contributed by atoms with Crippen molar-refractivity contribution in [1.82, 2.24) is 9.13 Å². The Hall–Kier alpha value is -6.30. The number of aromatic nitrogens is 2. The summed E-state index contributed by atoms with van der Waals surface area (Å²) in [6.07, 6.45) is 0. The van der Waals surface area contributed by atoms with Gasteiger partial charge in [0, 0.05) is 26.9 Å². The third kappa shape index (κ3) is 4.38. The highest BCUT2D eigenvalue weighted by Crippen LogP contribution is 2.45. The standard InChI is InChI=1S/C46H36N4O/c1-45(2,3)29-17-20-37-34(23-29)35-24-30(46(4,5)6)18-21-38(35)49(37)42-27(25-47)15-16-28(26-48)43(42)50-36-13-9-7-12-33(36)41-39(50)22-19-32-31-11-8-10-14-40(31)51-44(32)41/h7-24H,1-6H3. The number of benzene rings is 6. The molecule has 0 atom stereocenters. The fourth-order valence-corrected chi connectivity index (χ4v) is 7.89. The number of hydrogen-bond acceptors (Lipinski definition) is 3. The molecule has 3 aromatic heterocycles. The summed E-state index contributed by atoms with van der Waals surface area (Å²) < 4.78 is 11.0. The minimum Gasteiger partial charge on any atom is -0.455 e. The van der Waals surface area contributed by atoms with Crippen LogP contribution in [0, 0.1) is 22.7 Å². The van der Waals surface area contributed by atoms with Crippen LogP contribution < -0.4 is 0 Å². The number of nitrogens with zero attached hydrogens (tertiary/aromatic N) is 4. The van der Waals surface area contributed by atoms with Crippen LogP contribution in [0.4, 0.5) is 0 Å². The molecule has 5 nitrogen and oxygen atoms in total. The normalized spacial score (nSPS) is 12.5. The third-order valence-electron chi connectivity index (χ3n) is 10.5. The summed E-state index contributed by atoms with van der Waals surface area (Å²) in [5.74, 6) is 0. The van der Waals surface area contributed by atoms with Gasteiger partial charge in [-0.25, -0.2) is 0 Å². The Kier molecular flexibility index (Phi) is 6.39. The zero-order valence-electron chi connectivity index (χ0n) is 29.6. The number of para-hydroxylation sites is 2. The molecule has 0 spiro atoms. The van der Waals surface area contributed by atoms with Gasteiger partial charge in [-0.05, 0) is 82.6 Å². The first-order chi connectivity index (χ1) is 24.5. The second kappa shape index (κ2) is 10.6. The summed E-state index contributed by atoms with van der Waals surface area (Å²) in [7, 11) is 0. The van der Waals surface area contributed by atoms with E-state index in [0.717, 1.165) is 65.6 Å². The quantitative estimate of drug-likeness (QED) is 0.185. The first-order valence-electron chi connectivity index (χ1n) is 17.4.